The number of hydrogen-bond donors (Lipinski definition) is 1. The number of amides is 1. The SMILES string of the molecule is O=C(CN1CCN(c2ccccc2)CC1)Nc1nnc(C(F)(F)F)s1. The number of rotatable bonds is 4. The van der Waals surface area contributed by atoms with Crippen LogP contribution in [0.15, 0.2) is 30.3 Å². The number of nitrogens with zero attached hydrogens (tertiary/aromatic N) is 4. The highest BCUT2D eigenvalue weighted by Gasteiger charge is 2.35. The third-order valence-corrected chi connectivity index (χ3v) is 4.66. The summed E-state index contributed by atoms with van der Waals surface area (Å²) in [5, 5.41) is 7.56. The van der Waals surface area contributed by atoms with Crippen molar-refractivity contribution in [3.8, 4) is 0 Å². The number of para-hydroxylation sites is 1. The molecule has 0 saturated carbocycles. The second kappa shape index (κ2) is 7.36. The second-order valence-corrected chi connectivity index (χ2v) is 6.53. The third kappa shape index (κ3) is 4.67. The van der Waals surface area contributed by atoms with Crippen molar-refractivity contribution < 1.29 is 18.0 Å². The number of alkyl halides is 3. The first-order valence-electron chi connectivity index (χ1n) is 7.65. The van der Waals surface area contributed by atoms with Gasteiger partial charge in [-0.1, -0.05) is 29.5 Å². The van der Waals surface area contributed by atoms with Gasteiger partial charge in [0.2, 0.25) is 16.0 Å². The summed E-state index contributed by atoms with van der Waals surface area (Å²) in [4.78, 5) is 16.2. The van der Waals surface area contributed by atoms with E-state index in [1.54, 1.807) is 0 Å². The Hall–Kier alpha value is -2.20. The van der Waals surface area contributed by atoms with Crippen LogP contribution in [0, 0.1) is 0 Å². The average molecular weight is 371 g/mol. The molecule has 0 unspecified atom stereocenters. The maximum absolute atomic E-state index is 12.5. The molecule has 1 amide bonds. The molecule has 25 heavy (non-hydrogen) atoms. The van der Waals surface area contributed by atoms with Crippen LogP contribution >= 0.6 is 11.3 Å². The zero-order chi connectivity index (χ0) is 17.9. The summed E-state index contributed by atoms with van der Waals surface area (Å²) in [7, 11) is 0. The Morgan fingerprint density at radius 1 is 1.12 bits per heavy atom. The van der Waals surface area contributed by atoms with E-state index >= 15 is 0 Å². The van der Waals surface area contributed by atoms with Crippen molar-refractivity contribution in [1.29, 1.82) is 0 Å². The van der Waals surface area contributed by atoms with E-state index in [1.165, 1.54) is 0 Å². The van der Waals surface area contributed by atoms with E-state index < -0.39 is 17.1 Å². The first-order chi connectivity index (χ1) is 11.9. The van der Waals surface area contributed by atoms with Crippen LogP contribution in [-0.2, 0) is 11.0 Å². The van der Waals surface area contributed by atoms with Gasteiger partial charge in [-0.3, -0.25) is 15.0 Å². The third-order valence-electron chi connectivity index (χ3n) is 3.77. The second-order valence-electron chi connectivity index (χ2n) is 5.56. The van der Waals surface area contributed by atoms with Crippen molar-refractivity contribution in [2.24, 2.45) is 0 Å². The molecule has 1 fully saturated rings. The van der Waals surface area contributed by atoms with E-state index in [0.29, 0.717) is 24.4 Å². The summed E-state index contributed by atoms with van der Waals surface area (Å²) in [6, 6.07) is 9.99. The molecule has 0 aliphatic carbocycles. The van der Waals surface area contributed by atoms with Crippen LogP contribution < -0.4 is 10.2 Å². The highest BCUT2D eigenvalue weighted by Crippen LogP contribution is 2.32. The molecular formula is C15H16F3N5OS. The van der Waals surface area contributed by atoms with Crippen molar-refractivity contribution in [3.05, 3.63) is 35.3 Å². The predicted molar refractivity (Wildman–Crippen MR) is 88.6 cm³/mol. The van der Waals surface area contributed by atoms with Crippen LogP contribution in [0.4, 0.5) is 24.0 Å². The fourth-order valence-electron chi connectivity index (χ4n) is 2.55. The molecule has 0 bridgehead atoms. The van der Waals surface area contributed by atoms with Crippen LogP contribution in [-0.4, -0.2) is 53.7 Å². The van der Waals surface area contributed by atoms with Gasteiger partial charge in [-0.15, -0.1) is 10.2 Å². The van der Waals surface area contributed by atoms with Gasteiger partial charge in [0, 0.05) is 31.9 Å². The van der Waals surface area contributed by atoms with Crippen molar-refractivity contribution in [3.63, 3.8) is 0 Å². The Balaban J connectivity index is 1.47. The quantitative estimate of drug-likeness (QED) is 0.894. The minimum absolute atomic E-state index is 0.115. The summed E-state index contributed by atoms with van der Waals surface area (Å²) in [6.45, 7) is 3.09. The van der Waals surface area contributed by atoms with Gasteiger partial charge in [-0.25, -0.2) is 0 Å². The maximum Gasteiger partial charge on any atom is 0.445 e. The van der Waals surface area contributed by atoms with Crippen molar-refractivity contribution in [2.45, 2.75) is 6.18 Å². The fourth-order valence-corrected chi connectivity index (χ4v) is 3.18. The minimum atomic E-state index is -4.55. The first-order valence-corrected chi connectivity index (χ1v) is 8.46. The van der Waals surface area contributed by atoms with Crippen LogP contribution in [0.25, 0.3) is 0 Å². The molecule has 3 rings (SSSR count). The van der Waals surface area contributed by atoms with Gasteiger partial charge in [0.15, 0.2) is 0 Å². The number of benzene rings is 1. The van der Waals surface area contributed by atoms with Gasteiger partial charge in [0.05, 0.1) is 6.54 Å². The Labute approximate surface area is 146 Å². The summed E-state index contributed by atoms with van der Waals surface area (Å²) < 4.78 is 37.4. The lowest BCUT2D eigenvalue weighted by atomic mass is 10.2. The number of aromatic nitrogens is 2. The van der Waals surface area contributed by atoms with Crippen LogP contribution in [0.3, 0.4) is 0 Å². The Kier molecular flexibility index (Phi) is 5.19. The summed E-state index contributed by atoms with van der Waals surface area (Å²) in [6.07, 6.45) is -4.55. The predicted octanol–water partition coefficient (Wildman–Crippen LogP) is 2.32. The smallest absolute Gasteiger partial charge is 0.369 e. The number of hydrogen-bond acceptors (Lipinski definition) is 6. The van der Waals surface area contributed by atoms with Gasteiger partial charge < -0.3 is 4.90 Å². The highest BCUT2D eigenvalue weighted by molar-refractivity contribution is 7.15. The van der Waals surface area contributed by atoms with Gasteiger partial charge in [-0.2, -0.15) is 13.2 Å². The topological polar surface area (TPSA) is 61.4 Å². The molecule has 6 nitrogen and oxygen atoms in total. The lowest BCUT2D eigenvalue weighted by molar-refractivity contribution is -0.138. The molecule has 2 aromatic rings. The molecular weight excluding hydrogens is 355 g/mol. The summed E-state index contributed by atoms with van der Waals surface area (Å²) in [5.74, 6) is -0.391. The van der Waals surface area contributed by atoms with E-state index in [1.807, 2.05) is 35.2 Å². The van der Waals surface area contributed by atoms with Gasteiger partial charge in [0.1, 0.15) is 0 Å². The minimum Gasteiger partial charge on any atom is -0.369 e. The highest BCUT2D eigenvalue weighted by atomic mass is 32.1. The number of nitrogens with one attached hydrogen (secondary N) is 1. The molecule has 0 atom stereocenters. The molecule has 1 aliphatic rings. The average Bonchev–Trinajstić information content (AvgIpc) is 3.05. The number of halogens is 3. The Morgan fingerprint density at radius 2 is 1.80 bits per heavy atom. The van der Waals surface area contributed by atoms with Gasteiger partial charge in [0.25, 0.3) is 0 Å². The summed E-state index contributed by atoms with van der Waals surface area (Å²) in [5.41, 5.74) is 1.14. The molecule has 134 valence electrons. The first kappa shape index (κ1) is 17.6. The van der Waals surface area contributed by atoms with Crippen molar-refractivity contribution in [2.75, 3.05) is 42.9 Å². The Bertz CT molecular complexity index is 713. The van der Waals surface area contributed by atoms with Crippen molar-refractivity contribution in [1.82, 2.24) is 15.1 Å². The van der Waals surface area contributed by atoms with Crippen LogP contribution in [0.2, 0.25) is 0 Å². The number of piperazine rings is 1. The number of anilines is 2. The molecule has 10 heteroatoms. The monoisotopic (exact) mass is 371 g/mol. The zero-order valence-corrected chi connectivity index (χ0v) is 14.0. The number of carbonyl (C=O) groups excluding carboxylic acids is 1. The van der Waals surface area contributed by atoms with Gasteiger partial charge >= 0.3 is 6.18 Å². The van der Waals surface area contributed by atoms with Crippen LogP contribution in [0.1, 0.15) is 5.01 Å². The lowest BCUT2D eigenvalue weighted by Crippen LogP contribution is -2.48. The number of carbonyl (C=O) groups is 1. The molecule has 2 heterocycles. The molecule has 0 radical (unpaired) electrons. The largest absolute Gasteiger partial charge is 0.445 e. The molecule has 1 saturated heterocycles. The molecule has 1 aromatic heterocycles. The zero-order valence-electron chi connectivity index (χ0n) is 13.2. The van der Waals surface area contributed by atoms with Crippen LogP contribution in [0.5, 0.6) is 0 Å². The van der Waals surface area contributed by atoms with Crippen molar-refractivity contribution >= 4 is 28.1 Å². The molecule has 0 spiro atoms. The maximum atomic E-state index is 12.5. The summed E-state index contributed by atoms with van der Waals surface area (Å²) >= 11 is 0.322. The van der Waals surface area contributed by atoms with E-state index in [-0.39, 0.29) is 11.7 Å². The van der Waals surface area contributed by atoms with E-state index in [0.717, 1.165) is 18.8 Å². The fraction of sp³-hybridized carbons (Fsp3) is 0.400. The normalized spacial score (nSPS) is 16.0. The molecule has 1 aromatic carbocycles. The van der Waals surface area contributed by atoms with E-state index in [2.05, 4.69) is 20.4 Å². The van der Waals surface area contributed by atoms with Gasteiger partial charge in [-0.05, 0) is 12.1 Å². The Morgan fingerprint density at radius 3 is 2.40 bits per heavy atom. The molecule has 1 N–H and O–H groups in total. The lowest BCUT2D eigenvalue weighted by Gasteiger charge is -2.35. The van der Waals surface area contributed by atoms with E-state index in [9.17, 15) is 18.0 Å². The molecule has 1 aliphatic heterocycles. The van der Waals surface area contributed by atoms with E-state index in [4.69, 9.17) is 0 Å². The standard InChI is InChI=1S/C15H16F3N5OS/c16-15(17,18)13-20-21-14(25-13)19-12(24)10-22-6-8-23(9-7-22)11-4-2-1-3-5-11/h1-5H,6-10H2,(H,19,21,24).